The number of nitrogens with one attached hydrogen (secondary N) is 1. The second-order valence-electron chi connectivity index (χ2n) is 5.74. The van der Waals surface area contributed by atoms with Crippen molar-refractivity contribution in [2.75, 3.05) is 5.32 Å². The van der Waals surface area contributed by atoms with Crippen molar-refractivity contribution in [1.29, 1.82) is 0 Å². The monoisotopic (exact) mass is 302 g/mol. The minimum Gasteiger partial charge on any atom is -0.321 e. The molecule has 0 aliphatic rings. The standard InChI is InChI=1S/C14H17F3N2O2/c1-13(2,3)11(18)10(20)8-4-6-9(7-5-8)19-12(21)14(15,16)17/h4-7,11H,18H2,1-3H3,(H,19,21). The van der Waals surface area contributed by atoms with E-state index in [-0.39, 0.29) is 17.0 Å². The minimum absolute atomic E-state index is 0.0433. The second-order valence-corrected chi connectivity index (χ2v) is 5.74. The van der Waals surface area contributed by atoms with Gasteiger partial charge in [-0.05, 0) is 29.7 Å². The summed E-state index contributed by atoms with van der Waals surface area (Å²) in [5.74, 6) is -2.37. The molecule has 0 spiro atoms. The van der Waals surface area contributed by atoms with Crippen LogP contribution in [0.2, 0.25) is 0 Å². The van der Waals surface area contributed by atoms with Crippen molar-refractivity contribution < 1.29 is 22.8 Å². The Morgan fingerprint density at radius 3 is 1.95 bits per heavy atom. The molecule has 1 aromatic rings. The van der Waals surface area contributed by atoms with Gasteiger partial charge in [0.1, 0.15) is 0 Å². The van der Waals surface area contributed by atoms with E-state index in [0.717, 1.165) is 0 Å². The smallest absolute Gasteiger partial charge is 0.321 e. The van der Waals surface area contributed by atoms with Crippen molar-refractivity contribution in [2.24, 2.45) is 11.1 Å². The third-order valence-electron chi connectivity index (χ3n) is 2.90. The highest BCUT2D eigenvalue weighted by Crippen LogP contribution is 2.22. The molecule has 0 heterocycles. The van der Waals surface area contributed by atoms with Crippen molar-refractivity contribution in [3.8, 4) is 0 Å². The maximum absolute atomic E-state index is 12.1. The van der Waals surface area contributed by atoms with Gasteiger partial charge >= 0.3 is 12.1 Å². The summed E-state index contributed by atoms with van der Waals surface area (Å²) < 4.78 is 36.3. The van der Waals surface area contributed by atoms with Crippen molar-refractivity contribution >= 4 is 17.4 Å². The number of amides is 1. The van der Waals surface area contributed by atoms with E-state index in [4.69, 9.17) is 5.73 Å². The molecular weight excluding hydrogens is 285 g/mol. The Kier molecular flexibility index (Phi) is 4.78. The summed E-state index contributed by atoms with van der Waals surface area (Å²) >= 11 is 0. The van der Waals surface area contributed by atoms with Gasteiger partial charge in [-0.3, -0.25) is 9.59 Å². The highest BCUT2D eigenvalue weighted by molar-refractivity contribution is 6.01. The van der Waals surface area contributed by atoms with Crippen molar-refractivity contribution in [3.63, 3.8) is 0 Å². The molecule has 1 unspecified atom stereocenters. The molecule has 0 radical (unpaired) electrons. The van der Waals surface area contributed by atoms with E-state index in [1.807, 2.05) is 20.8 Å². The molecule has 7 heteroatoms. The molecule has 116 valence electrons. The lowest BCUT2D eigenvalue weighted by Gasteiger charge is -2.25. The number of benzene rings is 1. The summed E-state index contributed by atoms with van der Waals surface area (Å²) in [6.07, 6.45) is -4.96. The maximum atomic E-state index is 12.1. The molecule has 0 aliphatic heterocycles. The molecule has 1 amide bonds. The van der Waals surface area contributed by atoms with Crippen LogP contribution in [0.3, 0.4) is 0 Å². The fraction of sp³-hybridized carbons (Fsp3) is 0.429. The Morgan fingerprint density at radius 2 is 1.57 bits per heavy atom. The Hall–Kier alpha value is -1.89. The predicted octanol–water partition coefficient (Wildman–Crippen LogP) is 2.74. The van der Waals surface area contributed by atoms with Gasteiger partial charge in [0.25, 0.3) is 0 Å². The summed E-state index contributed by atoms with van der Waals surface area (Å²) in [4.78, 5) is 22.9. The first-order valence-corrected chi connectivity index (χ1v) is 6.21. The molecule has 0 fully saturated rings. The second kappa shape index (κ2) is 5.85. The minimum atomic E-state index is -4.96. The molecule has 4 nitrogen and oxygen atoms in total. The zero-order valence-corrected chi connectivity index (χ0v) is 11.9. The van der Waals surface area contributed by atoms with Crippen LogP contribution >= 0.6 is 0 Å². The number of rotatable bonds is 3. The van der Waals surface area contributed by atoms with E-state index in [0.29, 0.717) is 0 Å². The zero-order chi connectivity index (χ0) is 16.4. The molecular formula is C14H17F3N2O2. The van der Waals surface area contributed by atoms with Crippen molar-refractivity contribution in [3.05, 3.63) is 29.8 Å². The number of carbonyl (C=O) groups is 2. The number of hydrogen-bond donors (Lipinski definition) is 2. The molecule has 3 N–H and O–H groups in total. The Labute approximate surface area is 120 Å². The van der Waals surface area contributed by atoms with E-state index in [1.165, 1.54) is 24.3 Å². The van der Waals surface area contributed by atoms with Gasteiger partial charge in [-0.25, -0.2) is 0 Å². The first-order chi connectivity index (χ1) is 9.43. The number of halogens is 3. The largest absolute Gasteiger partial charge is 0.471 e. The maximum Gasteiger partial charge on any atom is 0.471 e. The van der Waals surface area contributed by atoms with Crippen LogP contribution in [-0.2, 0) is 4.79 Å². The summed E-state index contributed by atoms with van der Waals surface area (Å²) in [7, 11) is 0. The molecule has 0 aliphatic carbocycles. The molecule has 0 saturated heterocycles. The van der Waals surface area contributed by atoms with E-state index < -0.39 is 23.5 Å². The Bertz CT molecular complexity index is 531. The molecule has 21 heavy (non-hydrogen) atoms. The summed E-state index contributed by atoms with van der Waals surface area (Å²) in [5, 5.41) is 1.70. The number of anilines is 1. The fourth-order valence-corrected chi connectivity index (χ4v) is 1.49. The lowest BCUT2D eigenvalue weighted by Crippen LogP contribution is -2.42. The van der Waals surface area contributed by atoms with Gasteiger partial charge in [0.15, 0.2) is 5.78 Å². The Balaban J connectivity index is 2.84. The number of ketones is 1. The Morgan fingerprint density at radius 1 is 1.10 bits per heavy atom. The van der Waals surface area contributed by atoms with E-state index >= 15 is 0 Å². The number of hydrogen-bond acceptors (Lipinski definition) is 3. The summed E-state index contributed by atoms with van der Waals surface area (Å²) in [5.41, 5.74) is 5.64. The summed E-state index contributed by atoms with van der Waals surface area (Å²) in [6, 6.07) is 4.39. The lowest BCUT2D eigenvalue weighted by atomic mass is 9.83. The van der Waals surface area contributed by atoms with Gasteiger partial charge in [-0.15, -0.1) is 0 Å². The first-order valence-electron chi connectivity index (χ1n) is 6.21. The van der Waals surface area contributed by atoms with E-state index in [2.05, 4.69) is 0 Å². The average Bonchev–Trinajstić information content (AvgIpc) is 2.35. The fourth-order valence-electron chi connectivity index (χ4n) is 1.49. The van der Waals surface area contributed by atoms with Gasteiger partial charge in [0, 0.05) is 11.3 Å². The van der Waals surface area contributed by atoms with Gasteiger partial charge in [0.2, 0.25) is 0 Å². The first kappa shape index (κ1) is 17.2. The quantitative estimate of drug-likeness (QED) is 0.843. The molecule has 0 aromatic heterocycles. The normalized spacial score (nSPS) is 13.7. The number of nitrogens with two attached hydrogens (primary N) is 1. The number of alkyl halides is 3. The van der Waals surface area contributed by atoms with Crippen molar-refractivity contribution in [2.45, 2.75) is 33.0 Å². The van der Waals surface area contributed by atoms with Gasteiger partial charge < -0.3 is 11.1 Å². The molecule has 0 saturated carbocycles. The van der Waals surface area contributed by atoms with Crippen LogP contribution in [0.25, 0.3) is 0 Å². The average molecular weight is 302 g/mol. The van der Waals surface area contributed by atoms with Crippen LogP contribution in [-0.4, -0.2) is 23.9 Å². The van der Waals surface area contributed by atoms with Gasteiger partial charge in [-0.1, -0.05) is 20.8 Å². The molecule has 1 rings (SSSR count). The molecule has 1 atom stereocenters. The highest BCUT2D eigenvalue weighted by Gasteiger charge is 2.38. The summed E-state index contributed by atoms with van der Waals surface area (Å²) in [6.45, 7) is 5.44. The third kappa shape index (κ3) is 4.56. The van der Waals surface area contributed by atoms with Gasteiger partial charge in [-0.2, -0.15) is 13.2 Å². The van der Waals surface area contributed by atoms with Crippen molar-refractivity contribution in [1.82, 2.24) is 0 Å². The van der Waals surface area contributed by atoms with Crippen LogP contribution in [0.5, 0.6) is 0 Å². The highest BCUT2D eigenvalue weighted by atomic mass is 19.4. The van der Waals surface area contributed by atoms with E-state index in [9.17, 15) is 22.8 Å². The zero-order valence-electron chi connectivity index (χ0n) is 11.9. The van der Waals surface area contributed by atoms with Crippen LogP contribution in [0, 0.1) is 5.41 Å². The third-order valence-corrected chi connectivity index (χ3v) is 2.90. The predicted molar refractivity (Wildman–Crippen MR) is 72.9 cm³/mol. The SMILES string of the molecule is CC(C)(C)C(N)C(=O)c1ccc(NC(=O)C(F)(F)F)cc1. The van der Waals surface area contributed by atoms with Gasteiger partial charge in [0.05, 0.1) is 6.04 Å². The number of Topliss-reactive ketones (excluding diaryl/α,β-unsaturated/α-hetero) is 1. The van der Waals surface area contributed by atoms with Crippen LogP contribution in [0.15, 0.2) is 24.3 Å². The topological polar surface area (TPSA) is 72.2 Å². The molecule has 1 aromatic carbocycles. The van der Waals surface area contributed by atoms with Crippen LogP contribution in [0.4, 0.5) is 18.9 Å². The van der Waals surface area contributed by atoms with E-state index in [1.54, 1.807) is 5.32 Å². The molecule has 0 bridgehead atoms. The lowest BCUT2D eigenvalue weighted by molar-refractivity contribution is -0.167. The van der Waals surface area contributed by atoms with Crippen LogP contribution < -0.4 is 11.1 Å². The van der Waals surface area contributed by atoms with Crippen LogP contribution in [0.1, 0.15) is 31.1 Å². The number of carbonyl (C=O) groups excluding carboxylic acids is 2.